The van der Waals surface area contributed by atoms with Crippen LogP contribution in [0.5, 0.6) is 0 Å². The third-order valence-corrected chi connectivity index (χ3v) is 5.09. The number of aryl methyl sites for hydroxylation is 1. The zero-order valence-electron chi connectivity index (χ0n) is 16.4. The third kappa shape index (κ3) is 4.15. The first kappa shape index (κ1) is 20.2. The summed E-state index contributed by atoms with van der Waals surface area (Å²) in [5.74, 6) is -0.332. The fourth-order valence-electron chi connectivity index (χ4n) is 3.27. The topological polar surface area (TPSA) is 59.0 Å². The van der Waals surface area contributed by atoms with Gasteiger partial charge in [0.15, 0.2) is 11.7 Å². The highest BCUT2D eigenvalue weighted by molar-refractivity contribution is 6.03. The number of benzene rings is 1. The lowest BCUT2D eigenvalue weighted by Gasteiger charge is -2.39. The molecule has 0 radical (unpaired) electrons. The van der Waals surface area contributed by atoms with E-state index in [-0.39, 0.29) is 29.4 Å². The van der Waals surface area contributed by atoms with Gasteiger partial charge >= 0.3 is 6.18 Å². The maximum atomic E-state index is 13.6. The number of fused-ring (bicyclic) bond motifs is 1. The minimum absolute atomic E-state index is 0.0501. The van der Waals surface area contributed by atoms with Crippen molar-refractivity contribution < 1.29 is 18.0 Å². The maximum Gasteiger partial charge on any atom is 0.410 e. The summed E-state index contributed by atoms with van der Waals surface area (Å²) in [4.78, 5) is 12.5. The number of hydrogen-bond donors (Lipinski definition) is 2. The smallest absolute Gasteiger partial charge is 0.367 e. The summed E-state index contributed by atoms with van der Waals surface area (Å²) in [6.45, 7) is 7.69. The lowest BCUT2D eigenvalue weighted by Crippen LogP contribution is -2.44. The monoisotopic (exact) mass is 394 g/mol. The van der Waals surface area contributed by atoms with Gasteiger partial charge in [0.1, 0.15) is 5.82 Å². The minimum Gasteiger partial charge on any atom is -0.367 e. The normalized spacial score (nSPS) is 19.7. The predicted octanol–water partition coefficient (Wildman–Crippen LogP) is 5.03. The number of rotatable bonds is 3. The third-order valence-electron chi connectivity index (χ3n) is 5.09. The first-order valence-electron chi connectivity index (χ1n) is 9.32. The van der Waals surface area contributed by atoms with Crippen LogP contribution in [0.1, 0.15) is 56.2 Å². The van der Waals surface area contributed by atoms with Gasteiger partial charge in [-0.2, -0.15) is 18.3 Å². The Labute approximate surface area is 162 Å². The number of aromatic nitrogens is 2. The van der Waals surface area contributed by atoms with Crippen LogP contribution in [-0.2, 0) is 6.42 Å². The summed E-state index contributed by atoms with van der Waals surface area (Å²) in [6, 6.07) is 6.54. The second-order valence-electron chi connectivity index (χ2n) is 8.22. The summed E-state index contributed by atoms with van der Waals surface area (Å²) in [6.07, 6.45) is -3.71. The van der Waals surface area contributed by atoms with Crippen LogP contribution in [0.25, 0.3) is 0 Å². The molecule has 1 aliphatic heterocycles. The molecule has 5 nitrogen and oxygen atoms in total. The van der Waals surface area contributed by atoms with Crippen LogP contribution in [0.2, 0.25) is 0 Å². The van der Waals surface area contributed by atoms with Gasteiger partial charge in [-0.05, 0) is 36.0 Å². The Balaban J connectivity index is 1.87. The van der Waals surface area contributed by atoms with E-state index >= 15 is 0 Å². The lowest BCUT2D eigenvalue weighted by molar-refractivity contribution is -0.175. The van der Waals surface area contributed by atoms with E-state index < -0.39 is 18.1 Å². The first-order chi connectivity index (χ1) is 13.0. The Hall–Kier alpha value is -2.51. The van der Waals surface area contributed by atoms with Crippen molar-refractivity contribution in [3.05, 3.63) is 41.6 Å². The molecule has 0 aliphatic carbocycles. The van der Waals surface area contributed by atoms with Gasteiger partial charge in [0, 0.05) is 17.8 Å². The number of hydrogen-bond acceptors (Lipinski definition) is 3. The molecule has 2 N–H and O–H groups in total. The number of halogens is 3. The van der Waals surface area contributed by atoms with Crippen LogP contribution < -0.4 is 10.6 Å². The van der Waals surface area contributed by atoms with E-state index in [1.165, 1.54) is 6.07 Å². The molecular weight excluding hydrogens is 369 g/mol. The van der Waals surface area contributed by atoms with Gasteiger partial charge in [0.25, 0.3) is 5.91 Å². The number of anilines is 2. The largest absolute Gasteiger partial charge is 0.410 e. The molecule has 1 amide bonds. The molecule has 0 fully saturated rings. The van der Waals surface area contributed by atoms with Gasteiger partial charge in [-0.1, -0.05) is 39.8 Å². The summed E-state index contributed by atoms with van der Waals surface area (Å²) >= 11 is 0. The van der Waals surface area contributed by atoms with Crippen molar-refractivity contribution in [2.75, 3.05) is 10.6 Å². The summed E-state index contributed by atoms with van der Waals surface area (Å²) in [7, 11) is 0. The second kappa shape index (κ2) is 7.14. The molecule has 8 heteroatoms. The van der Waals surface area contributed by atoms with Gasteiger partial charge in [-0.25, -0.2) is 4.68 Å². The average Bonchev–Trinajstić information content (AvgIpc) is 3.04. The fourth-order valence-corrected chi connectivity index (χ4v) is 3.27. The Bertz CT molecular complexity index is 850. The molecule has 0 unspecified atom stereocenters. The molecule has 1 aromatic heterocycles. The quantitative estimate of drug-likeness (QED) is 0.768. The van der Waals surface area contributed by atoms with Crippen LogP contribution in [0.4, 0.5) is 24.7 Å². The van der Waals surface area contributed by atoms with Gasteiger partial charge in [-0.15, -0.1) is 0 Å². The summed E-state index contributed by atoms with van der Waals surface area (Å²) < 4.78 is 41.7. The van der Waals surface area contributed by atoms with Crippen molar-refractivity contribution in [2.24, 2.45) is 5.41 Å². The number of amides is 1. The van der Waals surface area contributed by atoms with Crippen molar-refractivity contribution in [3.63, 3.8) is 0 Å². The molecule has 2 aromatic rings. The van der Waals surface area contributed by atoms with Crippen LogP contribution in [0, 0.1) is 5.41 Å². The molecule has 2 heterocycles. The molecule has 1 aromatic carbocycles. The number of carbonyl (C=O) groups is 1. The molecule has 0 spiro atoms. The molecular formula is C20H25F3N4O. The lowest BCUT2D eigenvalue weighted by atomic mass is 9.82. The highest BCUT2D eigenvalue weighted by atomic mass is 19.4. The zero-order valence-corrected chi connectivity index (χ0v) is 16.4. The Morgan fingerprint density at radius 1 is 1.25 bits per heavy atom. The van der Waals surface area contributed by atoms with E-state index in [0.717, 1.165) is 16.7 Å². The van der Waals surface area contributed by atoms with Gasteiger partial charge in [-0.3, -0.25) is 4.79 Å². The van der Waals surface area contributed by atoms with E-state index in [1.54, 1.807) is 12.1 Å². The SMILES string of the molecule is CCc1ccc(NC(=O)c2cc3n(n2)[C@@H](C(F)(F)F)C[C@H](C(C)(C)C)N3)cc1. The van der Waals surface area contributed by atoms with Crippen molar-refractivity contribution in [1.29, 1.82) is 0 Å². The number of nitrogens with zero attached hydrogens (tertiary/aromatic N) is 2. The highest BCUT2D eigenvalue weighted by Crippen LogP contribution is 2.43. The van der Waals surface area contributed by atoms with Gasteiger partial charge in [0.05, 0.1) is 0 Å². The zero-order chi connectivity index (χ0) is 20.7. The number of carbonyl (C=O) groups excluding carboxylic acids is 1. The van der Waals surface area contributed by atoms with Gasteiger partial charge in [0.2, 0.25) is 0 Å². The van der Waals surface area contributed by atoms with E-state index in [2.05, 4.69) is 15.7 Å². The summed E-state index contributed by atoms with van der Waals surface area (Å²) in [5.41, 5.74) is 1.27. The molecule has 0 saturated heterocycles. The maximum absolute atomic E-state index is 13.6. The van der Waals surface area contributed by atoms with Crippen molar-refractivity contribution in [2.45, 2.75) is 58.8 Å². The Morgan fingerprint density at radius 2 is 1.89 bits per heavy atom. The van der Waals surface area contributed by atoms with E-state index in [9.17, 15) is 18.0 Å². The molecule has 3 rings (SSSR count). The van der Waals surface area contributed by atoms with Crippen LogP contribution in [-0.4, -0.2) is 27.9 Å². The van der Waals surface area contributed by atoms with E-state index in [1.807, 2.05) is 39.8 Å². The number of alkyl halides is 3. The predicted molar refractivity (Wildman–Crippen MR) is 103 cm³/mol. The Morgan fingerprint density at radius 3 is 2.43 bits per heavy atom. The van der Waals surface area contributed by atoms with Crippen molar-refractivity contribution in [3.8, 4) is 0 Å². The van der Waals surface area contributed by atoms with Crippen molar-refractivity contribution in [1.82, 2.24) is 9.78 Å². The molecule has 2 atom stereocenters. The van der Waals surface area contributed by atoms with Crippen LogP contribution in [0.3, 0.4) is 0 Å². The minimum atomic E-state index is -4.45. The second-order valence-corrected chi connectivity index (χ2v) is 8.22. The van der Waals surface area contributed by atoms with E-state index in [0.29, 0.717) is 5.69 Å². The molecule has 28 heavy (non-hydrogen) atoms. The molecule has 152 valence electrons. The van der Waals surface area contributed by atoms with Crippen LogP contribution in [0.15, 0.2) is 30.3 Å². The van der Waals surface area contributed by atoms with Crippen LogP contribution >= 0.6 is 0 Å². The Kier molecular flexibility index (Phi) is 5.16. The molecule has 0 bridgehead atoms. The highest BCUT2D eigenvalue weighted by Gasteiger charge is 2.48. The summed E-state index contributed by atoms with van der Waals surface area (Å²) in [5, 5.41) is 9.77. The van der Waals surface area contributed by atoms with Crippen molar-refractivity contribution >= 4 is 17.4 Å². The fraction of sp³-hybridized carbons (Fsp3) is 0.500. The standard InChI is InChI=1S/C20H25F3N4O/c1-5-12-6-8-13(9-7-12)24-18(28)14-10-17-25-15(19(2,3)4)11-16(20(21,22)23)27(17)26-14/h6-10,15-16,25H,5,11H2,1-4H3,(H,24,28)/t15-,16-/m1/s1. The number of nitrogens with one attached hydrogen (secondary N) is 2. The first-order valence-corrected chi connectivity index (χ1v) is 9.32. The van der Waals surface area contributed by atoms with E-state index in [4.69, 9.17) is 0 Å². The molecule has 1 aliphatic rings. The average molecular weight is 394 g/mol. The molecule has 0 saturated carbocycles. The van der Waals surface area contributed by atoms with Gasteiger partial charge < -0.3 is 10.6 Å².